The average molecular weight is 295 g/mol. The van der Waals surface area contributed by atoms with Gasteiger partial charge in [-0.25, -0.2) is 0 Å². The van der Waals surface area contributed by atoms with Crippen molar-refractivity contribution in [2.75, 3.05) is 6.54 Å². The molecule has 4 nitrogen and oxygen atoms in total. The van der Waals surface area contributed by atoms with Crippen molar-refractivity contribution in [3.05, 3.63) is 11.7 Å². The first-order valence-corrected chi connectivity index (χ1v) is 8.87. The summed E-state index contributed by atoms with van der Waals surface area (Å²) in [5, 5.41) is 8.51. The van der Waals surface area contributed by atoms with Gasteiger partial charge in [-0.15, -0.1) is 0 Å². The number of hydrogen-bond acceptors (Lipinski definition) is 5. The van der Waals surface area contributed by atoms with E-state index in [1.54, 1.807) is 0 Å². The fourth-order valence-electron chi connectivity index (χ4n) is 3.32. The fraction of sp³-hybridized carbons (Fsp3) is 0.867. The minimum atomic E-state index is 0.195. The van der Waals surface area contributed by atoms with Gasteiger partial charge in [0, 0.05) is 5.25 Å². The summed E-state index contributed by atoms with van der Waals surface area (Å²) in [4.78, 5) is 4.63. The molecule has 0 radical (unpaired) electrons. The van der Waals surface area contributed by atoms with Gasteiger partial charge in [0.25, 0.3) is 0 Å². The average Bonchev–Trinajstić information content (AvgIpc) is 3.07. The van der Waals surface area contributed by atoms with Crippen LogP contribution in [0.25, 0.3) is 0 Å². The molecule has 2 heterocycles. The van der Waals surface area contributed by atoms with Gasteiger partial charge in [0.2, 0.25) is 5.89 Å². The number of piperidine rings is 1. The van der Waals surface area contributed by atoms with Gasteiger partial charge in [-0.2, -0.15) is 16.7 Å². The second-order valence-electron chi connectivity index (χ2n) is 6.75. The van der Waals surface area contributed by atoms with Crippen LogP contribution in [0.4, 0.5) is 0 Å². The van der Waals surface area contributed by atoms with Crippen LogP contribution in [-0.4, -0.2) is 21.9 Å². The molecule has 3 rings (SSSR count). The maximum absolute atomic E-state index is 5.52. The molecule has 1 N–H and O–H groups in total. The van der Waals surface area contributed by atoms with E-state index in [0.29, 0.717) is 0 Å². The van der Waals surface area contributed by atoms with E-state index in [4.69, 9.17) is 4.52 Å². The second kappa shape index (κ2) is 6.06. The van der Waals surface area contributed by atoms with Crippen molar-refractivity contribution < 1.29 is 4.52 Å². The zero-order valence-corrected chi connectivity index (χ0v) is 13.3. The molecule has 1 unspecified atom stereocenters. The number of rotatable bonds is 4. The molecule has 0 amide bonds. The lowest BCUT2D eigenvalue weighted by Gasteiger charge is -2.36. The molecule has 1 aliphatic carbocycles. The largest absolute Gasteiger partial charge is 0.338 e. The van der Waals surface area contributed by atoms with Crippen LogP contribution in [0.15, 0.2) is 4.52 Å². The zero-order chi connectivity index (χ0) is 14.0. The second-order valence-corrected chi connectivity index (χ2v) is 8.03. The molecule has 1 aromatic heterocycles. The van der Waals surface area contributed by atoms with Gasteiger partial charge >= 0.3 is 0 Å². The van der Waals surface area contributed by atoms with Gasteiger partial charge < -0.3 is 9.84 Å². The third-order valence-corrected chi connectivity index (χ3v) is 5.98. The first-order chi connectivity index (χ1) is 9.65. The molecule has 112 valence electrons. The predicted molar refractivity (Wildman–Crippen MR) is 81.6 cm³/mol. The van der Waals surface area contributed by atoms with Crippen molar-refractivity contribution in [3.8, 4) is 0 Å². The number of thioether (sulfide) groups is 1. The standard InChI is InChI=1S/C15H25N3OS/c1-15(2)8-5-9-16-13(15)14-17-12(18-19-14)10-20-11-6-3-4-7-11/h11,13,16H,3-10H2,1-2H3. The van der Waals surface area contributed by atoms with Crippen LogP contribution in [0.2, 0.25) is 0 Å². The molecule has 0 bridgehead atoms. The van der Waals surface area contributed by atoms with E-state index in [1.165, 1.54) is 38.5 Å². The highest BCUT2D eigenvalue weighted by Gasteiger charge is 2.36. The fourth-order valence-corrected chi connectivity index (χ4v) is 4.49. The highest BCUT2D eigenvalue weighted by Crippen LogP contribution is 2.39. The van der Waals surface area contributed by atoms with Crippen molar-refractivity contribution >= 4 is 11.8 Å². The predicted octanol–water partition coefficient (Wildman–Crippen LogP) is 3.70. The Kier molecular flexibility index (Phi) is 4.36. The maximum Gasteiger partial charge on any atom is 0.244 e. The van der Waals surface area contributed by atoms with E-state index in [2.05, 4.69) is 29.3 Å². The van der Waals surface area contributed by atoms with Crippen LogP contribution in [-0.2, 0) is 5.75 Å². The van der Waals surface area contributed by atoms with E-state index < -0.39 is 0 Å². The van der Waals surface area contributed by atoms with Crippen LogP contribution in [0.1, 0.15) is 70.1 Å². The zero-order valence-electron chi connectivity index (χ0n) is 12.5. The highest BCUT2D eigenvalue weighted by atomic mass is 32.2. The molecule has 1 saturated heterocycles. The first kappa shape index (κ1) is 14.4. The summed E-state index contributed by atoms with van der Waals surface area (Å²) < 4.78 is 5.52. The quantitative estimate of drug-likeness (QED) is 0.918. The molecule has 1 atom stereocenters. The Labute approximate surface area is 125 Å². The third kappa shape index (κ3) is 3.19. The molecule has 1 aromatic rings. The van der Waals surface area contributed by atoms with Crippen LogP contribution in [0.5, 0.6) is 0 Å². The van der Waals surface area contributed by atoms with Crippen LogP contribution in [0.3, 0.4) is 0 Å². The lowest BCUT2D eigenvalue weighted by molar-refractivity contribution is 0.146. The number of hydrogen-bond donors (Lipinski definition) is 1. The van der Waals surface area contributed by atoms with E-state index in [-0.39, 0.29) is 11.5 Å². The number of nitrogens with one attached hydrogen (secondary N) is 1. The molecule has 2 aliphatic rings. The Morgan fingerprint density at radius 2 is 2.10 bits per heavy atom. The Balaban J connectivity index is 1.60. The summed E-state index contributed by atoms with van der Waals surface area (Å²) in [6, 6.07) is 0.203. The smallest absolute Gasteiger partial charge is 0.244 e. The Hall–Kier alpha value is -0.550. The third-order valence-electron chi connectivity index (χ3n) is 4.61. The Morgan fingerprint density at radius 1 is 1.30 bits per heavy atom. The summed E-state index contributed by atoms with van der Waals surface area (Å²) >= 11 is 1.99. The van der Waals surface area contributed by atoms with Crippen molar-refractivity contribution in [2.24, 2.45) is 5.41 Å². The molecule has 0 aromatic carbocycles. The molecule has 2 fully saturated rings. The van der Waals surface area contributed by atoms with E-state index in [1.807, 2.05) is 11.8 Å². The maximum atomic E-state index is 5.52. The first-order valence-electron chi connectivity index (χ1n) is 7.83. The van der Waals surface area contributed by atoms with Crippen molar-refractivity contribution in [2.45, 2.75) is 69.4 Å². The normalized spacial score (nSPS) is 27.0. The molecule has 20 heavy (non-hydrogen) atoms. The van der Waals surface area contributed by atoms with Gasteiger partial charge in [-0.05, 0) is 37.6 Å². The summed E-state index contributed by atoms with van der Waals surface area (Å²) in [6.45, 7) is 5.60. The SMILES string of the molecule is CC1(C)CCCNC1c1nc(CSC2CCCC2)no1. The summed E-state index contributed by atoms with van der Waals surface area (Å²) in [7, 11) is 0. The van der Waals surface area contributed by atoms with E-state index in [0.717, 1.165) is 29.3 Å². The summed E-state index contributed by atoms with van der Waals surface area (Å²) in [6.07, 6.45) is 7.91. The molecular formula is C15H25N3OS. The van der Waals surface area contributed by atoms with Crippen molar-refractivity contribution in [1.29, 1.82) is 0 Å². The van der Waals surface area contributed by atoms with Crippen molar-refractivity contribution in [3.63, 3.8) is 0 Å². The Morgan fingerprint density at radius 3 is 2.85 bits per heavy atom. The van der Waals surface area contributed by atoms with Crippen molar-refractivity contribution in [1.82, 2.24) is 15.5 Å². The number of aromatic nitrogens is 2. The van der Waals surface area contributed by atoms with Gasteiger partial charge in [-0.3, -0.25) is 0 Å². The summed E-state index contributed by atoms with van der Waals surface area (Å²) in [5.41, 5.74) is 0.195. The molecule has 1 aliphatic heterocycles. The highest BCUT2D eigenvalue weighted by molar-refractivity contribution is 7.99. The summed E-state index contributed by atoms with van der Waals surface area (Å²) in [5.74, 6) is 2.53. The van der Waals surface area contributed by atoms with Gasteiger partial charge in [0.05, 0.1) is 11.8 Å². The monoisotopic (exact) mass is 295 g/mol. The van der Waals surface area contributed by atoms with Gasteiger partial charge in [-0.1, -0.05) is 31.8 Å². The van der Waals surface area contributed by atoms with Crippen LogP contribution >= 0.6 is 11.8 Å². The van der Waals surface area contributed by atoms with Crippen LogP contribution < -0.4 is 5.32 Å². The van der Waals surface area contributed by atoms with Gasteiger partial charge in [0.1, 0.15) is 0 Å². The lowest BCUT2D eigenvalue weighted by Crippen LogP contribution is -2.39. The number of nitrogens with zero attached hydrogens (tertiary/aromatic N) is 2. The molecule has 1 saturated carbocycles. The Bertz CT molecular complexity index is 440. The van der Waals surface area contributed by atoms with E-state index in [9.17, 15) is 0 Å². The van der Waals surface area contributed by atoms with Gasteiger partial charge in [0.15, 0.2) is 5.82 Å². The minimum absolute atomic E-state index is 0.195. The molecule has 5 heteroatoms. The van der Waals surface area contributed by atoms with E-state index >= 15 is 0 Å². The molecule has 0 spiro atoms. The molecular weight excluding hydrogens is 270 g/mol. The minimum Gasteiger partial charge on any atom is -0.338 e. The topological polar surface area (TPSA) is 51.0 Å². The lowest BCUT2D eigenvalue weighted by atomic mass is 9.77. The van der Waals surface area contributed by atoms with Crippen LogP contribution in [0, 0.1) is 5.41 Å².